The summed E-state index contributed by atoms with van der Waals surface area (Å²) in [6.07, 6.45) is 0.612. The van der Waals surface area contributed by atoms with Crippen molar-refractivity contribution in [2.75, 3.05) is 5.88 Å². The molecule has 0 aliphatic heterocycles. The average Bonchev–Trinajstić information content (AvgIpc) is 2.21. The molecule has 1 aromatic heterocycles. The second-order valence-electron chi connectivity index (χ2n) is 3.60. The van der Waals surface area contributed by atoms with Crippen LogP contribution in [0.1, 0.15) is 11.1 Å². The number of alkyl halides is 1. The summed E-state index contributed by atoms with van der Waals surface area (Å²) in [5, 5.41) is 1.06. The Bertz CT molecular complexity index is 545. The second-order valence-corrected chi connectivity index (χ2v) is 3.98. The molecule has 0 saturated carbocycles. The maximum atomic E-state index is 11.7. The van der Waals surface area contributed by atoms with Crippen LogP contribution in [-0.4, -0.2) is 10.9 Å². The second kappa shape index (κ2) is 4.07. The predicted octanol–water partition coefficient (Wildman–Crippen LogP) is 2.62. The maximum Gasteiger partial charge on any atom is 0.251 e. The van der Waals surface area contributed by atoms with E-state index < -0.39 is 0 Å². The lowest BCUT2D eigenvalue weighted by molar-refractivity contribution is 1.09. The molecule has 0 aliphatic rings. The number of fused-ring (bicyclic) bond motifs is 1. The largest absolute Gasteiger partial charge is 0.321 e. The predicted molar refractivity (Wildman–Crippen MR) is 63.7 cm³/mol. The van der Waals surface area contributed by atoms with Gasteiger partial charge in [-0.15, -0.1) is 11.6 Å². The topological polar surface area (TPSA) is 32.9 Å². The van der Waals surface area contributed by atoms with Gasteiger partial charge in [0, 0.05) is 11.4 Å². The molecule has 0 saturated heterocycles. The van der Waals surface area contributed by atoms with Crippen LogP contribution in [0.5, 0.6) is 0 Å². The van der Waals surface area contributed by atoms with Crippen LogP contribution in [0.4, 0.5) is 0 Å². The number of aromatic nitrogens is 1. The normalized spacial score (nSPS) is 10.8. The smallest absolute Gasteiger partial charge is 0.251 e. The Morgan fingerprint density at radius 2 is 2.20 bits per heavy atom. The zero-order valence-electron chi connectivity index (χ0n) is 8.51. The summed E-state index contributed by atoms with van der Waals surface area (Å²) < 4.78 is 0. The van der Waals surface area contributed by atoms with Gasteiger partial charge in [0.1, 0.15) is 0 Å². The minimum atomic E-state index is -0.0301. The summed E-state index contributed by atoms with van der Waals surface area (Å²) in [6.45, 7) is 1.99. The molecule has 1 N–H and O–H groups in total. The number of hydrogen-bond donors (Lipinski definition) is 1. The number of para-hydroxylation sites is 1. The van der Waals surface area contributed by atoms with Crippen molar-refractivity contribution in [2.45, 2.75) is 13.3 Å². The van der Waals surface area contributed by atoms with Gasteiger partial charge in [-0.25, -0.2) is 0 Å². The quantitative estimate of drug-likeness (QED) is 0.777. The van der Waals surface area contributed by atoms with Gasteiger partial charge < -0.3 is 4.98 Å². The lowest BCUT2D eigenvalue weighted by Gasteiger charge is -2.03. The van der Waals surface area contributed by atoms with Gasteiger partial charge in [-0.3, -0.25) is 4.79 Å². The molecule has 1 aromatic carbocycles. The van der Waals surface area contributed by atoms with Crippen molar-refractivity contribution in [3.63, 3.8) is 0 Å². The number of nitrogens with one attached hydrogen (secondary N) is 1. The number of hydrogen-bond acceptors (Lipinski definition) is 1. The maximum absolute atomic E-state index is 11.7. The molecular formula is C12H12ClNO. The molecule has 2 rings (SSSR count). The third-order valence-corrected chi connectivity index (χ3v) is 2.72. The summed E-state index contributed by atoms with van der Waals surface area (Å²) >= 11 is 5.64. The van der Waals surface area contributed by atoms with E-state index in [1.807, 2.05) is 31.2 Å². The molecule has 0 fully saturated rings. The van der Waals surface area contributed by atoms with E-state index in [4.69, 9.17) is 11.6 Å². The first kappa shape index (κ1) is 10.2. The number of aryl methyl sites for hydroxylation is 2. The summed E-state index contributed by atoms with van der Waals surface area (Å²) in [7, 11) is 0. The Kier molecular flexibility index (Phi) is 2.78. The van der Waals surface area contributed by atoms with E-state index in [0.717, 1.165) is 22.0 Å². The number of rotatable bonds is 2. The van der Waals surface area contributed by atoms with Crippen LogP contribution >= 0.6 is 11.6 Å². The Hall–Kier alpha value is -1.28. The van der Waals surface area contributed by atoms with Crippen LogP contribution in [0.2, 0.25) is 0 Å². The van der Waals surface area contributed by atoms with Crippen LogP contribution in [0, 0.1) is 6.92 Å². The van der Waals surface area contributed by atoms with Crippen LogP contribution in [0.25, 0.3) is 10.9 Å². The highest BCUT2D eigenvalue weighted by Crippen LogP contribution is 2.15. The van der Waals surface area contributed by atoms with Crippen LogP contribution < -0.4 is 5.56 Å². The van der Waals surface area contributed by atoms with Crippen molar-refractivity contribution >= 4 is 22.5 Å². The summed E-state index contributed by atoms with van der Waals surface area (Å²) in [4.78, 5) is 14.6. The van der Waals surface area contributed by atoms with E-state index in [9.17, 15) is 4.79 Å². The number of pyridine rings is 1. The van der Waals surface area contributed by atoms with E-state index in [2.05, 4.69) is 4.98 Å². The number of benzene rings is 1. The molecule has 0 amide bonds. The van der Waals surface area contributed by atoms with Crippen molar-refractivity contribution < 1.29 is 0 Å². The minimum Gasteiger partial charge on any atom is -0.321 e. The van der Waals surface area contributed by atoms with Gasteiger partial charge in [0.05, 0.1) is 5.52 Å². The molecule has 0 bridgehead atoms. The van der Waals surface area contributed by atoms with Crippen LogP contribution in [-0.2, 0) is 6.42 Å². The van der Waals surface area contributed by atoms with E-state index in [1.54, 1.807) is 0 Å². The molecule has 0 spiro atoms. The molecule has 1 heterocycles. The molecule has 0 unspecified atom stereocenters. The molecule has 0 radical (unpaired) electrons. The first-order valence-electron chi connectivity index (χ1n) is 4.90. The Balaban J connectivity index is 2.71. The molecule has 78 valence electrons. The number of halogens is 1. The van der Waals surface area contributed by atoms with E-state index >= 15 is 0 Å². The highest BCUT2D eigenvalue weighted by atomic mass is 35.5. The summed E-state index contributed by atoms with van der Waals surface area (Å²) in [5.41, 5.74) is 2.73. The molecule has 2 nitrogen and oxygen atoms in total. The number of H-pyrrole nitrogens is 1. The zero-order chi connectivity index (χ0) is 10.8. The lowest BCUT2D eigenvalue weighted by Crippen LogP contribution is -2.13. The van der Waals surface area contributed by atoms with Gasteiger partial charge in [0.2, 0.25) is 0 Å². The van der Waals surface area contributed by atoms with E-state index in [1.165, 1.54) is 0 Å². The van der Waals surface area contributed by atoms with E-state index in [0.29, 0.717) is 12.3 Å². The van der Waals surface area contributed by atoms with Gasteiger partial charge >= 0.3 is 0 Å². The minimum absolute atomic E-state index is 0.0301. The Morgan fingerprint density at radius 3 is 2.93 bits per heavy atom. The molecule has 0 aliphatic carbocycles. The van der Waals surface area contributed by atoms with Gasteiger partial charge in [-0.1, -0.05) is 18.2 Å². The van der Waals surface area contributed by atoms with Crippen molar-refractivity contribution in [3.8, 4) is 0 Å². The highest BCUT2D eigenvalue weighted by Gasteiger charge is 2.03. The van der Waals surface area contributed by atoms with Gasteiger partial charge in [-0.05, 0) is 30.4 Å². The SMILES string of the molecule is Cc1cccc2cc(CCCl)c(=O)[nH]c12. The fourth-order valence-electron chi connectivity index (χ4n) is 1.72. The third-order valence-electron chi connectivity index (χ3n) is 2.53. The summed E-state index contributed by atoms with van der Waals surface area (Å²) in [6, 6.07) is 7.89. The van der Waals surface area contributed by atoms with Crippen molar-refractivity contribution in [1.82, 2.24) is 4.98 Å². The van der Waals surface area contributed by atoms with Crippen molar-refractivity contribution in [1.29, 1.82) is 0 Å². The summed E-state index contributed by atoms with van der Waals surface area (Å²) in [5.74, 6) is 0.473. The molecular weight excluding hydrogens is 210 g/mol. The monoisotopic (exact) mass is 221 g/mol. The van der Waals surface area contributed by atoms with Gasteiger partial charge in [0.25, 0.3) is 5.56 Å². The highest BCUT2D eigenvalue weighted by molar-refractivity contribution is 6.18. The molecule has 0 atom stereocenters. The molecule has 2 aromatic rings. The Morgan fingerprint density at radius 1 is 1.40 bits per heavy atom. The Labute approximate surface area is 92.9 Å². The zero-order valence-corrected chi connectivity index (χ0v) is 9.27. The van der Waals surface area contributed by atoms with E-state index in [-0.39, 0.29) is 5.56 Å². The first-order valence-corrected chi connectivity index (χ1v) is 5.43. The fraction of sp³-hybridized carbons (Fsp3) is 0.250. The van der Waals surface area contributed by atoms with Gasteiger partial charge in [0.15, 0.2) is 0 Å². The van der Waals surface area contributed by atoms with Gasteiger partial charge in [-0.2, -0.15) is 0 Å². The average molecular weight is 222 g/mol. The standard InChI is InChI=1S/C12H12ClNO/c1-8-3-2-4-9-7-10(5-6-13)12(15)14-11(8)9/h2-4,7H,5-6H2,1H3,(H,14,15). The molecule has 3 heteroatoms. The third kappa shape index (κ3) is 1.90. The lowest BCUT2D eigenvalue weighted by atomic mass is 10.1. The van der Waals surface area contributed by atoms with Crippen LogP contribution in [0.15, 0.2) is 29.1 Å². The molecule has 15 heavy (non-hydrogen) atoms. The fourth-order valence-corrected chi connectivity index (χ4v) is 1.92. The van der Waals surface area contributed by atoms with Crippen molar-refractivity contribution in [3.05, 3.63) is 45.7 Å². The van der Waals surface area contributed by atoms with Crippen LogP contribution in [0.3, 0.4) is 0 Å². The number of aromatic amines is 1. The van der Waals surface area contributed by atoms with Crippen molar-refractivity contribution in [2.24, 2.45) is 0 Å². The first-order chi connectivity index (χ1) is 7.22.